The smallest absolute Gasteiger partial charge is 0.277 e. The third-order valence-electron chi connectivity index (χ3n) is 1.65. The Morgan fingerprint density at radius 3 is 2.79 bits per heavy atom. The molecule has 0 atom stereocenters. The molecule has 0 aliphatic carbocycles. The maximum absolute atomic E-state index is 11.1. The summed E-state index contributed by atoms with van der Waals surface area (Å²) in [6, 6.07) is 0. The van der Waals surface area contributed by atoms with Crippen molar-refractivity contribution in [1.82, 2.24) is 9.97 Å². The maximum Gasteiger partial charge on any atom is 0.277 e. The van der Waals surface area contributed by atoms with E-state index in [1.807, 2.05) is 0 Å². The van der Waals surface area contributed by atoms with Crippen LogP contribution in [0.4, 0.5) is 17.5 Å². The Morgan fingerprint density at radius 2 is 2.14 bits per heavy atom. The van der Waals surface area contributed by atoms with Crippen molar-refractivity contribution in [3.05, 3.63) is 10.4 Å². The van der Waals surface area contributed by atoms with Gasteiger partial charge < -0.3 is 22.5 Å². The summed E-state index contributed by atoms with van der Waals surface area (Å²) in [7, 11) is 0. The Balaban J connectivity index is 2.80. The molecule has 14 heavy (non-hydrogen) atoms. The van der Waals surface area contributed by atoms with Gasteiger partial charge in [-0.05, 0) is 13.0 Å². The number of anilines is 3. The fraction of sp³-hybridized carbons (Fsp3) is 0.429. The zero-order valence-electron chi connectivity index (χ0n) is 7.71. The normalized spacial score (nSPS) is 10.1. The summed E-state index contributed by atoms with van der Waals surface area (Å²) in [5.74, 6) is 0.346. The number of aromatic nitrogens is 2. The molecule has 0 aliphatic heterocycles. The number of nitrogens with one attached hydrogen (secondary N) is 2. The zero-order valence-corrected chi connectivity index (χ0v) is 7.71. The van der Waals surface area contributed by atoms with Crippen molar-refractivity contribution in [2.45, 2.75) is 6.42 Å². The molecule has 0 aliphatic rings. The van der Waals surface area contributed by atoms with Crippen LogP contribution >= 0.6 is 0 Å². The standard InChI is InChI=1S/C7H14N6O/c8-2-1-3-11-5-4(9)6(14)13-7(10)12-5/h1-3,8-9H2,(H4,10,11,12,13,14). The van der Waals surface area contributed by atoms with Crippen LogP contribution in [0, 0.1) is 0 Å². The summed E-state index contributed by atoms with van der Waals surface area (Å²) in [6.07, 6.45) is 0.772. The van der Waals surface area contributed by atoms with Gasteiger partial charge in [-0.2, -0.15) is 4.98 Å². The summed E-state index contributed by atoms with van der Waals surface area (Å²) in [4.78, 5) is 17.3. The molecule has 0 saturated carbocycles. The topological polar surface area (TPSA) is 136 Å². The molecule has 0 radical (unpaired) electrons. The number of nitrogens with two attached hydrogens (primary N) is 3. The summed E-state index contributed by atoms with van der Waals surface area (Å²) in [5.41, 5.74) is 15.7. The highest BCUT2D eigenvalue weighted by atomic mass is 16.1. The Hall–Kier alpha value is -1.76. The third kappa shape index (κ3) is 2.36. The van der Waals surface area contributed by atoms with E-state index < -0.39 is 5.56 Å². The fourth-order valence-electron chi connectivity index (χ4n) is 0.943. The van der Waals surface area contributed by atoms with Crippen LogP contribution < -0.4 is 28.1 Å². The van der Waals surface area contributed by atoms with E-state index in [4.69, 9.17) is 17.2 Å². The number of rotatable bonds is 4. The van der Waals surface area contributed by atoms with Gasteiger partial charge in [0.2, 0.25) is 5.95 Å². The van der Waals surface area contributed by atoms with Crippen molar-refractivity contribution < 1.29 is 0 Å². The molecule has 0 aromatic carbocycles. The minimum absolute atomic E-state index is 0.0382. The third-order valence-corrected chi connectivity index (χ3v) is 1.65. The van der Waals surface area contributed by atoms with Crippen molar-refractivity contribution >= 4 is 17.5 Å². The second-order valence-corrected chi connectivity index (χ2v) is 2.78. The van der Waals surface area contributed by atoms with Crippen molar-refractivity contribution in [3.8, 4) is 0 Å². The van der Waals surface area contributed by atoms with Gasteiger partial charge in [-0.1, -0.05) is 0 Å². The summed E-state index contributed by atoms with van der Waals surface area (Å²) < 4.78 is 0. The lowest BCUT2D eigenvalue weighted by molar-refractivity contribution is 0.869. The monoisotopic (exact) mass is 198 g/mol. The Kier molecular flexibility index (Phi) is 3.29. The van der Waals surface area contributed by atoms with Crippen LogP contribution in [0.5, 0.6) is 0 Å². The first kappa shape index (κ1) is 10.3. The number of hydrogen-bond acceptors (Lipinski definition) is 6. The minimum Gasteiger partial charge on any atom is -0.391 e. The quantitative estimate of drug-likeness (QED) is 0.381. The molecule has 7 nitrogen and oxygen atoms in total. The van der Waals surface area contributed by atoms with Crippen molar-refractivity contribution in [1.29, 1.82) is 0 Å². The van der Waals surface area contributed by atoms with Gasteiger partial charge in [-0.25, -0.2) is 0 Å². The molecule has 0 saturated heterocycles. The zero-order chi connectivity index (χ0) is 10.6. The second-order valence-electron chi connectivity index (χ2n) is 2.78. The molecular formula is C7H14N6O. The van der Waals surface area contributed by atoms with Gasteiger partial charge in [0.1, 0.15) is 5.69 Å². The lowest BCUT2D eigenvalue weighted by atomic mass is 10.4. The molecule has 0 spiro atoms. The minimum atomic E-state index is -0.437. The summed E-state index contributed by atoms with van der Waals surface area (Å²) >= 11 is 0. The van der Waals surface area contributed by atoms with Crippen LogP contribution in [0.3, 0.4) is 0 Å². The van der Waals surface area contributed by atoms with Crippen LogP contribution in [0.1, 0.15) is 6.42 Å². The van der Waals surface area contributed by atoms with Crippen LogP contribution in [0.15, 0.2) is 4.79 Å². The van der Waals surface area contributed by atoms with Gasteiger partial charge in [0.25, 0.3) is 5.56 Å². The second kappa shape index (κ2) is 4.47. The van der Waals surface area contributed by atoms with E-state index in [1.165, 1.54) is 0 Å². The molecular weight excluding hydrogens is 184 g/mol. The molecule has 0 unspecified atom stereocenters. The predicted octanol–water partition coefficient (Wildman–Crippen LogP) is -1.30. The number of nitrogens with zero attached hydrogens (tertiary/aromatic N) is 1. The van der Waals surface area contributed by atoms with Gasteiger partial charge in [-0.15, -0.1) is 0 Å². The molecule has 78 valence electrons. The fourth-order valence-corrected chi connectivity index (χ4v) is 0.943. The molecule has 1 aromatic rings. The Bertz CT molecular complexity index is 360. The van der Waals surface area contributed by atoms with E-state index in [-0.39, 0.29) is 11.6 Å². The average Bonchev–Trinajstić information content (AvgIpc) is 2.13. The van der Waals surface area contributed by atoms with Crippen LogP contribution in [-0.2, 0) is 0 Å². The van der Waals surface area contributed by atoms with Crippen molar-refractivity contribution in [3.63, 3.8) is 0 Å². The number of nitrogen functional groups attached to an aromatic ring is 2. The SMILES string of the molecule is NCCCNc1nc(N)[nH]c(=O)c1N. The van der Waals surface area contributed by atoms with Crippen molar-refractivity contribution in [2.24, 2.45) is 5.73 Å². The lowest BCUT2D eigenvalue weighted by Crippen LogP contribution is -2.20. The Labute approximate surface area is 80.7 Å². The number of aromatic amines is 1. The van der Waals surface area contributed by atoms with Gasteiger partial charge >= 0.3 is 0 Å². The van der Waals surface area contributed by atoms with E-state index in [2.05, 4.69) is 15.3 Å². The maximum atomic E-state index is 11.1. The molecule has 7 heteroatoms. The first-order valence-electron chi connectivity index (χ1n) is 4.24. The first-order chi connectivity index (χ1) is 6.65. The summed E-state index contributed by atoms with van der Waals surface area (Å²) in [5, 5.41) is 2.88. The largest absolute Gasteiger partial charge is 0.391 e. The van der Waals surface area contributed by atoms with E-state index >= 15 is 0 Å². The van der Waals surface area contributed by atoms with Crippen LogP contribution in [0.2, 0.25) is 0 Å². The molecule has 1 rings (SSSR count). The van der Waals surface area contributed by atoms with Crippen LogP contribution in [0.25, 0.3) is 0 Å². The number of H-pyrrole nitrogens is 1. The molecule has 1 heterocycles. The van der Waals surface area contributed by atoms with E-state index in [1.54, 1.807) is 0 Å². The molecule has 1 aromatic heterocycles. The Morgan fingerprint density at radius 1 is 1.43 bits per heavy atom. The number of hydrogen-bond donors (Lipinski definition) is 5. The highest BCUT2D eigenvalue weighted by Gasteiger charge is 2.05. The van der Waals surface area contributed by atoms with E-state index in [0.29, 0.717) is 18.9 Å². The lowest BCUT2D eigenvalue weighted by Gasteiger charge is -2.06. The molecule has 0 amide bonds. The molecule has 0 bridgehead atoms. The predicted molar refractivity (Wildman–Crippen MR) is 55.8 cm³/mol. The highest BCUT2D eigenvalue weighted by Crippen LogP contribution is 2.09. The van der Waals surface area contributed by atoms with Gasteiger partial charge in [0.15, 0.2) is 5.82 Å². The van der Waals surface area contributed by atoms with Crippen molar-refractivity contribution in [2.75, 3.05) is 29.9 Å². The van der Waals surface area contributed by atoms with Crippen LogP contribution in [-0.4, -0.2) is 23.1 Å². The summed E-state index contributed by atoms with van der Waals surface area (Å²) in [6.45, 7) is 1.17. The molecule has 0 fully saturated rings. The van der Waals surface area contributed by atoms with E-state index in [0.717, 1.165) is 6.42 Å². The highest BCUT2D eigenvalue weighted by molar-refractivity contribution is 5.60. The average molecular weight is 198 g/mol. The van der Waals surface area contributed by atoms with Gasteiger partial charge in [-0.3, -0.25) is 9.78 Å². The van der Waals surface area contributed by atoms with Gasteiger partial charge in [0, 0.05) is 6.54 Å². The van der Waals surface area contributed by atoms with E-state index in [9.17, 15) is 4.79 Å². The van der Waals surface area contributed by atoms with Gasteiger partial charge in [0.05, 0.1) is 0 Å². The molecule has 8 N–H and O–H groups in total. The first-order valence-corrected chi connectivity index (χ1v) is 4.24.